The molecule has 0 unspecified atom stereocenters. The molecule has 0 amide bonds. The Morgan fingerprint density at radius 3 is 2.21 bits per heavy atom. The Morgan fingerprint density at radius 1 is 1.00 bits per heavy atom. The van der Waals surface area contributed by atoms with E-state index >= 15 is 0 Å². The first-order valence-corrected chi connectivity index (χ1v) is 6.68. The Hall–Kier alpha value is -2.03. The van der Waals surface area contributed by atoms with Crippen LogP contribution in [0.5, 0.6) is 0 Å². The molecule has 3 nitrogen and oxygen atoms in total. The van der Waals surface area contributed by atoms with Crippen molar-refractivity contribution in [2.75, 3.05) is 0 Å². The highest BCUT2D eigenvalue weighted by atomic mass is 16.1. The summed E-state index contributed by atoms with van der Waals surface area (Å²) in [5, 5.41) is 0. The molecule has 1 aromatic heterocycles. The molecule has 19 heavy (non-hydrogen) atoms. The van der Waals surface area contributed by atoms with Gasteiger partial charge in [-0.1, -0.05) is 43.2 Å². The predicted octanol–water partition coefficient (Wildman–Crippen LogP) is 3.15. The van der Waals surface area contributed by atoms with Crippen LogP contribution in [-0.2, 0) is 5.41 Å². The Morgan fingerprint density at radius 2 is 1.63 bits per heavy atom. The maximum Gasteiger partial charge on any atom is 0.153 e. The van der Waals surface area contributed by atoms with Gasteiger partial charge in [0.25, 0.3) is 0 Å². The molecule has 1 fully saturated rings. The number of aldehydes is 1. The van der Waals surface area contributed by atoms with Crippen molar-refractivity contribution in [3.63, 3.8) is 0 Å². The normalized spacial score (nSPS) is 17.3. The summed E-state index contributed by atoms with van der Waals surface area (Å²) in [7, 11) is 0. The minimum absolute atomic E-state index is 0.0668. The molecule has 3 heteroatoms. The fourth-order valence-electron chi connectivity index (χ4n) is 3.02. The molecule has 0 atom stereocenters. The van der Waals surface area contributed by atoms with Gasteiger partial charge in [0.1, 0.15) is 5.82 Å². The van der Waals surface area contributed by atoms with Crippen molar-refractivity contribution in [3.05, 3.63) is 59.7 Å². The molecule has 0 N–H and O–H groups in total. The molecule has 1 aliphatic carbocycles. The second-order valence-electron chi connectivity index (χ2n) is 5.11. The van der Waals surface area contributed by atoms with Crippen LogP contribution in [0.4, 0.5) is 0 Å². The Balaban J connectivity index is 2.07. The van der Waals surface area contributed by atoms with Gasteiger partial charge in [-0.15, -0.1) is 0 Å². The van der Waals surface area contributed by atoms with Gasteiger partial charge in [0.05, 0.1) is 11.0 Å². The average molecular weight is 252 g/mol. The molecule has 1 aliphatic rings. The molecule has 0 spiro atoms. The summed E-state index contributed by atoms with van der Waals surface area (Å²) in [5.74, 6) is 0.849. The van der Waals surface area contributed by atoms with E-state index in [1.54, 1.807) is 12.4 Å². The third-order valence-electron chi connectivity index (χ3n) is 4.02. The first kappa shape index (κ1) is 12.0. The lowest BCUT2D eigenvalue weighted by Gasteiger charge is -2.27. The van der Waals surface area contributed by atoms with Crippen LogP contribution in [0.25, 0.3) is 0 Å². The van der Waals surface area contributed by atoms with Crippen LogP contribution in [0.1, 0.15) is 47.4 Å². The van der Waals surface area contributed by atoms with Crippen molar-refractivity contribution < 1.29 is 4.79 Å². The largest absolute Gasteiger partial charge is 0.298 e. The topological polar surface area (TPSA) is 42.9 Å². The van der Waals surface area contributed by atoms with Crippen LogP contribution in [0.3, 0.4) is 0 Å². The number of aromatic nitrogens is 2. The van der Waals surface area contributed by atoms with Gasteiger partial charge in [0.15, 0.2) is 6.29 Å². The van der Waals surface area contributed by atoms with Crippen molar-refractivity contribution in [2.45, 2.75) is 31.1 Å². The maximum atomic E-state index is 10.7. The Labute approximate surface area is 112 Å². The van der Waals surface area contributed by atoms with Gasteiger partial charge < -0.3 is 0 Å². The second kappa shape index (κ2) is 4.92. The lowest BCUT2D eigenvalue weighted by Crippen LogP contribution is -2.26. The quantitative estimate of drug-likeness (QED) is 0.788. The van der Waals surface area contributed by atoms with Gasteiger partial charge in [-0.25, -0.2) is 9.97 Å². The van der Waals surface area contributed by atoms with Crippen LogP contribution >= 0.6 is 0 Å². The van der Waals surface area contributed by atoms with E-state index < -0.39 is 0 Å². The van der Waals surface area contributed by atoms with Crippen LogP contribution in [-0.4, -0.2) is 16.3 Å². The molecule has 0 aliphatic heterocycles. The summed E-state index contributed by atoms with van der Waals surface area (Å²) in [6, 6.07) is 10.5. The fourth-order valence-corrected chi connectivity index (χ4v) is 3.02. The summed E-state index contributed by atoms with van der Waals surface area (Å²) in [5.41, 5.74) is 1.75. The molecular weight excluding hydrogens is 236 g/mol. The molecule has 0 bridgehead atoms. The van der Waals surface area contributed by atoms with E-state index in [4.69, 9.17) is 0 Å². The number of carbonyl (C=O) groups is 1. The number of carbonyl (C=O) groups excluding carboxylic acids is 1. The van der Waals surface area contributed by atoms with E-state index in [1.165, 1.54) is 18.4 Å². The van der Waals surface area contributed by atoms with Crippen LogP contribution < -0.4 is 0 Å². The number of hydrogen-bond acceptors (Lipinski definition) is 3. The molecule has 1 saturated carbocycles. The van der Waals surface area contributed by atoms with E-state index in [0.717, 1.165) is 25.0 Å². The highest BCUT2D eigenvalue weighted by Crippen LogP contribution is 2.44. The van der Waals surface area contributed by atoms with E-state index in [0.29, 0.717) is 5.56 Å². The van der Waals surface area contributed by atoms with Crippen molar-refractivity contribution in [3.8, 4) is 0 Å². The zero-order valence-electron chi connectivity index (χ0n) is 10.7. The summed E-state index contributed by atoms with van der Waals surface area (Å²) in [6.07, 6.45) is 8.60. The lowest BCUT2D eigenvalue weighted by molar-refractivity contribution is 0.112. The minimum atomic E-state index is -0.0668. The van der Waals surface area contributed by atoms with Gasteiger partial charge in [-0.2, -0.15) is 0 Å². The first-order valence-electron chi connectivity index (χ1n) is 6.68. The van der Waals surface area contributed by atoms with Gasteiger partial charge in [0.2, 0.25) is 0 Å². The summed E-state index contributed by atoms with van der Waals surface area (Å²) in [4.78, 5) is 19.6. The van der Waals surface area contributed by atoms with Crippen LogP contribution in [0, 0.1) is 0 Å². The number of benzene rings is 1. The van der Waals surface area contributed by atoms with Gasteiger partial charge >= 0.3 is 0 Å². The third kappa shape index (κ3) is 2.05. The monoisotopic (exact) mass is 252 g/mol. The molecule has 1 heterocycles. The second-order valence-corrected chi connectivity index (χ2v) is 5.11. The third-order valence-corrected chi connectivity index (χ3v) is 4.02. The highest BCUT2D eigenvalue weighted by molar-refractivity contribution is 5.73. The average Bonchev–Trinajstić information content (AvgIpc) is 2.99. The molecular formula is C16H16N2O. The number of hydrogen-bond donors (Lipinski definition) is 0. The van der Waals surface area contributed by atoms with E-state index in [1.807, 2.05) is 6.07 Å². The maximum absolute atomic E-state index is 10.7. The molecule has 0 radical (unpaired) electrons. The fraction of sp³-hybridized carbons (Fsp3) is 0.312. The number of nitrogens with zero attached hydrogens (tertiary/aromatic N) is 2. The smallest absolute Gasteiger partial charge is 0.153 e. The van der Waals surface area contributed by atoms with E-state index in [-0.39, 0.29) is 5.41 Å². The highest BCUT2D eigenvalue weighted by Gasteiger charge is 2.39. The Kier molecular flexibility index (Phi) is 3.11. The summed E-state index contributed by atoms with van der Waals surface area (Å²) >= 11 is 0. The summed E-state index contributed by atoms with van der Waals surface area (Å²) < 4.78 is 0. The molecule has 0 saturated heterocycles. The number of rotatable bonds is 3. The first-order chi connectivity index (χ1) is 9.35. The molecule has 1 aromatic carbocycles. The van der Waals surface area contributed by atoms with Crippen molar-refractivity contribution in [1.29, 1.82) is 0 Å². The SMILES string of the molecule is O=Cc1cnc(C2(c3ccccc3)CCCC2)nc1. The van der Waals surface area contributed by atoms with Crippen molar-refractivity contribution in [1.82, 2.24) is 9.97 Å². The van der Waals surface area contributed by atoms with Crippen molar-refractivity contribution in [2.24, 2.45) is 0 Å². The standard InChI is InChI=1S/C16H16N2O/c19-12-13-10-17-15(18-11-13)16(8-4-5-9-16)14-6-2-1-3-7-14/h1-3,6-7,10-12H,4-5,8-9H2. The zero-order chi connectivity index (χ0) is 13.1. The van der Waals surface area contributed by atoms with Gasteiger partial charge in [-0.05, 0) is 18.4 Å². The molecule has 2 aromatic rings. The minimum Gasteiger partial charge on any atom is -0.298 e. The van der Waals surface area contributed by atoms with Gasteiger partial charge in [-0.3, -0.25) is 4.79 Å². The summed E-state index contributed by atoms with van der Waals surface area (Å²) in [6.45, 7) is 0. The molecule has 96 valence electrons. The predicted molar refractivity (Wildman–Crippen MR) is 73.1 cm³/mol. The zero-order valence-corrected chi connectivity index (χ0v) is 10.7. The van der Waals surface area contributed by atoms with Crippen LogP contribution in [0.2, 0.25) is 0 Å². The Bertz CT molecular complexity index is 557. The van der Waals surface area contributed by atoms with E-state index in [2.05, 4.69) is 34.2 Å². The van der Waals surface area contributed by atoms with Crippen LogP contribution in [0.15, 0.2) is 42.7 Å². The van der Waals surface area contributed by atoms with Crippen molar-refractivity contribution >= 4 is 6.29 Å². The molecule has 3 rings (SSSR count). The lowest BCUT2D eigenvalue weighted by atomic mass is 9.78. The van der Waals surface area contributed by atoms with Gasteiger partial charge in [0, 0.05) is 12.4 Å². The van der Waals surface area contributed by atoms with E-state index in [9.17, 15) is 4.79 Å².